The van der Waals surface area contributed by atoms with Crippen LogP contribution >= 0.6 is 15.9 Å². The maximum Gasteiger partial charge on any atom is 0.0368 e. The molecule has 3 heteroatoms. The number of nitrogens with two attached hydrogens (primary N) is 1. The van der Waals surface area contributed by atoms with Gasteiger partial charge in [-0.2, -0.15) is 0 Å². The standard InChI is InChI=1S/C13H21BrN2/c1-10(8-9-15)13(16(2)3)11-4-6-12(14)7-5-11/h4-7,10,13H,8-9,15H2,1-3H3. The molecule has 0 aromatic heterocycles. The van der Waals surface area contributed by atoms with Crippen LogP contribution in [0.3, 0.4) is 0 Å². The molecular weight excluding hydrogens is 264 g/mol. The first kappa shape index (κ1) is 13.7. The normalized spacial score (nSPS) is 15.1. The van der Waals surface area contributed by atoms with Crippen molar-refractivity contribution in [3.63, 3.8) is 0 Å². The van der Waals surface area contributed by atoms with E-state index in [1.807, 2.05) is 0 Å². The van der Waals surface area contributed by atoms with Crippen LogP contribution in [0.1, 0.15) is 24.9 Å². The third-order valence-electron chi connectivity index (χ3n) is 2.93. The molecule has 2 atom stereocenters. The number of halogens is 1. The highest BCUT2D eigenvalue weighted by molar-refractivity contribution is 9.10. The van der Waals surface area contributed by atoms with Gasteiger partial charge in [-0.1, -0.05) is 35.0 Å². The summed E-state index contributed by atoms with van der Waals surface area (Å²) in [6.45, 7) is 3.02. The Morgan fingerprint density at radius 2 is 1.81 bits per heavy atom. The zero-order valence-electron chi connectivity index (χ0n) is 10.3. The monoisotopic (exact) mass is 284 g/mol. The molecule has 0 saturated heterocycles. The van der Waals surface area contributed by atoms with Crippen molar-refractivity contribution in [3.8, 4) is 0 Å². The third kappa shape index (κ3) is 3.58. The summed E-state index contributed by atoms with van der Waals surface area (Å²) < 4.78 is 1.13. The van der Waals surface area contributed by atoms with Gasteiger partial charge in [0.15, 0.2) is 0 Å². The van der Waals surface area contributed by atoms with Gasteiger partial charge in [0, 0.05) is 10.5 Å². The van der Waals surface area contributed by atoms with E-state index in [1.54, 1.807) is 0 Å². The largest absolute Gasteiger partial charge is 0.330 e. The number of rotatable bonds is 5. The SMILES string of the molecule is CC(CCN)C(c1ccc(Br)cc1)N(C)C. The highest BCUT2D eigenvalue weighted by Gasteiger charge is 2.20. The molecule has 1 aromatic rings. The van der Waals surface area contributed by atoms with Crippen LogP contribution < -0.4 is 5.73 Å². The Balaban J connectivity index is 2.89. The molecule has 1 aromatic carbocycles. The fourth-order valence-electron chi connectivity index (χ4n) is 2.22. The second-order valence-corrected chi connectivity index (χ2v) is 5.43. The van der Waals surface area contributed by atoms with Crippen LogP contribution in [0.25, 0.3) is 0 Å². The minimum absolute atomic E-state index is 0.441. The van der Waals surface area contributed by atoms with Gasteiger partial charge >= 0.3 is 0 Å². The topological polar surface area (TPSA) is 29.3 Å². The third-order valence-corrected chi connectivity index (χ3v) is 3.46. The highest BCUT2D eigenvalue weighted by Crippen LogP contribution is 2.29. The predicted molar refractivity (Wildman–Crippen MR) is 73.4 cm³/mol. The molecule has 90 valence electrons. The molecule has 2 nitrogen and oxygen atoms in total. The van der Waals surface area contributed by atoms with E-state index in [4.69, 9.17) is 5.73 Å². The minimum atomic E-state index is 0.441. The van der Waals surface area contributed by atoms with Crippen LogP contribution in [0.2, 0.25) is 0 Å². The van der Waals surface area contributed by atoms with Crippen LogP contribution in [0.5, 0.6) is 0 Å². The van der Waals surface area contributed by atoms with Crippen LogP contribution in [0.15, 0.2) is 28.7 Å². The molecule has 0 fully saturated rings. The van der Waals surface area contributed by atoms with E-state index in [-0.39, 0.29) is 0 Å². The van der Waals surface area contributed by atoms with E-state index < -0.39 is 0 Å². The van der Waals surface area contributed by atoms with Gasteiger partial charge in [0.25, 0.3) is 0 Å². The Bertz CT molecular complexity index is 308. The van der Waals surface area contributed by atoms with Gasteiger partial charge in [-0.05, 0) is 50.7 Å². The smallest absolute Gasteiger partial charge is 0.0368 e. The molecule has 0 radical (unpaired) electrons. The summed E-state index contributed by atoms with van der Waals surface area (Å²) in [6.07, 6.45) is 1.05. The average molecular weight is 285 g/mol. The molecule has 0 aliphatic rings. The number of nitrogens with zero attached hydrogens (tertiary/aromatic N) is 1. The molecule has 2 N–H and O–H groups in total. The predicted octanol–water partition coefficient (Wildman–Crippen LogP) is 3.04. The van der Waals surface area contributed by atoms with E-state index in [2.05, 4.69) is 66.1 Å². The molecule has 0 bridgehead atoms. The fourth-order valence-corrected chi connectivity index (χ4v) is 2.48. The molecule has 0 spiro atoms. The number of hydrogen-bond donors (Lipinski definition) is 1. The lowest BCUT2D eigenvalue weighted by Crippen LogP contribution is -2.27. The van der Waals surface area contributed by atoms with Crippen LogP contribution in [0, 0.1) is 5.92 Å². The molecule has 0 saturated carbocycles. The van der Waals surface area contributed by atoms with E-state index in [9.17, 15) is 0 Å². The Labute approximate surface area is 107 Å². The lowest BCUT2D eigenvalue weighted by atomic mass is 9.91. The quantitative estimate of drug-likeness (QED) is 0.901. The van der Waals surface area contributed by atoms with Gasteiger partial charge in [-0.25, -0.2) is 0 Å². The molecule has 0 amide bonds. The second-order valence-electron chi connectivity index (χ2n) is 4.51. The van der Waals surface area contributed by atoms with Crippen molar-refractivity contribution in [2.45, 2.75) is 19.4 Å². The van der Waals surface area contributed by atoms with Crippen LogP contribution in [-0.4, -0.2) is 25.5 Å². The van der Waals surface area contributed by atoms with Gasteiger partial charge in [0.1, 0.15) is 0 Å². The summed E-state index contributed by atoms with van der Waals surface area (Å²) in [4.78, 5) is 2.27. The van der Waals surface area contributed by atoms with Gasteiger partial charge in [-0.3, -0.25) is 0 Å². The average Bonchev–Trinajstić information content (AvgIpc) is 2.21. The lowest BCUT2D eigenvalue weighted by Gasteiger charge is -2.30. The Morgan fingerprint density at radius 3 is 2.25 bits per heavy atom. The molecule has 0 heterocycles. The minimum Gasteiger partial charge on any atom is -0.330 e. The summed E-state index contributed by atoms with van der Waals surface area (Å²) in [5, 5.41) is 0. The van der Waals surface area contributed by atoms with Crippen LogP contribution in [0.4, 0.5) is 0 Å². The fraction of sp³-hybridized carbons (Fsp3) is 0.538. The number of benzene rings is 1. The highest BCUT2D eigenvalue weighted by atomic mass is 79.9. The zero-order valence-corrected chi connectivity index (χ0v) is 11.9. The second kappa shape index (κ2) is 6.38. The van der Waals surface area contributed by atoms with Gasteiger partial charge in [-0.15, -0.1) is 0 Å². The van der Waals surface area contributed by atoms with Crippen molar-refractivity contribution in [1.29, 1.82) is 0 Å². The molecule has 1 rings (SSSR count). The zero-order chi connectivity index (χ0) is 12.1. The first-order chi connectivity index (χ1) is 7.56. The van der Waals surface area contributed by atoms with Crippen molar-refractivity contribution in [1.82, 2.24) is 4.90 Å². The Hall–Kier alpha value is -0.380. The van der Waals surface area contributed by atoms with Gasteiger partial charge in [0.05, 0.1) is 0 Å². The van der Waals surface area contributed by atoms with Gasteiger partial charge < -0.3 is 10.6 Å². The van der Waals surface area contributed by atoms with E-state index in [0.717, 1.165) is 17.4 Å². The van der Waals surface area contributed by atoms with Crippen molar-refractivity contribution >= 4 is 15.9 Å². The molecule has 2 unspecified atom stereocenters. The Morgan fingerprint density at radius 1 is 1.25 bits per heavy atom. The van der Waals surface area contributed by atoms with Crippen molar-refractivity contribution in [2.75, 3.05) is 20.6 Å². The van der Waals surface area contributed by atoms with Gasteiger partial charge in [0.2, 0.25) is 0 Å². The van der Waals surface area contributed by atoms with E-state index in [1.165, 1.54) is 5.56 Å². The first-order valence-electron chi connectivity index (χ1n) is 5.68. The molecule has 0 aliphatic heterocycles. The summed E-state index contributed by atoms with van der Waals surface area (Å²) in [7, 11) is 4.25. The summed E-state index contributed by atoms with van der Waals surface area (Å²) in [5.41, 5.74) is 7.00. The molecule has 16 heavy (non-hydrogen) atoms. The lowest BCUT2D eigenvalue weighted by molar-refractivity contribution is 0.217. The molecular formula is C13H21BrN2. The van der Waals surface area contributed by atoms with Crippen LogP contribution in [-0.2, 0) is 0 Å². The van der Waals surface area contributed by atoms with Crippen molar-refractivity contribution < 1.29 is 0 Å². The summed E-state index contributed by atoms with van der Waals surface area (Å²) in [5.74, 6) is 0.571. The van der Waals surface area contributed by atoms with Crippen molar-refractivity contribution in [3.05, 3.63) is 34.3 Å². The van der Waals surface area contributed by atoms with Crippen molar-refractivity contribution in [2.24, 2.45) is 11.7 Å². The number of hydrogen-bond acceptors (Lipinski definition) is 2. The maximum atomic E-state index is 5.64. The maximum absolute atomic E-state index is 5.64. The Kier molecular flexibility index (Phi) is 5.46. The van der Waals surface area contributed by atoms with E-state index in [0.29, 0.717) is 12.0 Å². The summed E-state index contributed by atoms with van der Waals surface area (Å²) >= 11 is 3.47. The summed E-state index contributed by atoms with van der Waals surface area (Å²) in [6, 6.07) is 9.00. The molecule has 0 aliphatic carbocycles. The first-order valence-corrected chi connectivity index (χ1v) is 6.47. The van der Waals surface area contributed by atoms with E-state index >= 15 is 0 Å².